The molecule has 1 amide bonds. The Morgan fingerprint density at radius 2 is 2.07 bits per heavy atom. The number of anilines is 1. The molecule has 3 atom stereocenters. The Labute approximate surface area is 176 Å². The van der Waals surface area contributed by atoms with E-state index in [0.717, 1.165) is 67.0 Å². The first-order chi connectivity index (χ1) is 14.3. The van der Waals surface area contributed by atoms with Gasteiger partial charge in [-0.25, -0.2) is 9.97 Å². The fourth-order valence-corrected chi connectivity index (χ4v) is 5.21. The van der Waals surface area contributed by atoms with Crippen LogP contribution in [0.2, 0.25) is 0 Å². The largest absolute Gasteiger partial charge is 0.376 e. The summed E-state index contributed by atoms with van der Waals surface area (Å²) in [7, 11) is 0. The van der Waals surface area contributed by atoms with Crippen molar-refractivity contribution in [1.82, 2.24) is 14.9 Å². The minimum Gasteiger partial charge on any atom is -0.376 e. The van der Waals surface area contributed by atoms with Crippen LogP contribution in [0.3, 0.4) is 0 Å². The summed E-state index contributed by atoms with van der Waals surface area (Å²) in [4.78, 5) is 23.9. The zero-order chi connectivity index (χ0) is 20.1. The Kier molecular flexibility index (Phi) is 6.87. The number of nitrogens with zero attached hydrogens (tertiary/aromatic N) is 3. The van der Waals surface area contributed by atoms with Crippen molar-refractivity contribution in [2.24, 2.45) is 5.92 Å². The second-order valence-electron chi connectivity index (χ2n) is 7.85. The van der Waals surface area contributed by atoms with Gasteiger partial charge in [-0.05, 0) is 37.8 Å². The molecule has 1 saturated carbocycles. The highest BCUT2D eigenvalue weighted by atomic mass is 32.2. The fraction of sp³-hybridized carbons (Fsp3) is 0.591. The lowest BCUT2D eigenvalue weighted by Crippen LogP contribution is -2.48. The number of ether oxygens (including phenoxy) is 1. The predicted octanol–water partition coefficient (Wildman–Crippen LogP) is 3.58. The molecule has 0 unspecified atom stereocenters. The second-order valence-corrected chi connectivity index (χ2v) is 9.07. The lowest BCUT2D eigenvalue weighted by molar-refractivity contribution is -0.138. The van der Waals surface area contributed by atoms with Gasteiger partial charge in [-0.15, -0.1) is 0 Å². The van der Waals surface area contributed by atoms with E-state index in [-0.39, 0.29) is 18.1 Å². The lowest BCUT2D eigenvalue weighted by atomic mass is 9.82. The normalized spacial score (nSPS) is 25.1. The first-order valence-corrected chi connectivity index (χ1v) is 11.9. The maximum absolute atomic E-state index is 13.0. The molecule has 2 aliphatic rings. The summed E-state index contributed by atoms with van der Waals surface area (Å²) in [6.07, 6.45) is 5.19. The molecule has 29 heavy (non-hydrogen) atoms. The first kappa shape index (κ1) is 20.4. The van der Waals surface area contributed by atoms with Gasteiger partial charge in [0.05, 0.1) is 17.7 Å². The summed E-state index contributed by atoms with van der Waals surface area (Å²) in [6, 6.07) is 8.19. The number of amides is 1. The number of hydrogen-bond acceptors (Lipinski definition) is 6. The Hall–Kier alpha value is -1.86. The van der Waals surface area contributed by atoms with E-state index in [2.05, 4.69) is 27.1 Å². The molecule has 1 aromatic heterocycles. The summed E-state index contributed by atoms with van der Waals surface area (Å²) in [5.41, 5.74) is 0.933. The van der Waals surface area contributed by atoms with E-state index < -0.39 is 0 Å². The van der Waals surface area contributed by atoms with Gasteiger partial charge in [0.1, 0.15) is 12.1 Å². The van der Waals surface area contributed by atoms with Crippen LogP contribution in [0.15, 0.2) is 30.6 Å². The minimum atomic E-state index is 0.0190. The number of carbonyl (C=O) groups is 1. The number of hydrogen-bond donors (Lipinski definition) is 1. The zero-order valence-corrected chi connectivity index (χ0v) is 17.9. The highest BCUT2D eigenvalue weighted by molar-refractivity contribution is 7.99. The van der Waals surface area contributed by atoms with E-state index in [9.17, 15) is 4.79 Å². The standard InChI is InChI=1S/C22H30N4O2S/c1-2-11-28-20-14-16(22(27)26-9-12-29-13-10-26)7-8-19(20)25-21-17-5-3-4-6-18(17)23-15-24-21/h3-6,15-16,19-20H,2,7-14H2,1H3,(H,23,24,25)/t16-,19-,20-/m0/s1. The monoisotopic (exact) mass is 414 g/mol. The van der Waals surface area contributed by atoms with E-state index in [0.29, 0.717) is 12.5 Å². The highest BCUT2D eigenvalue weighted by Crippen LogP contribution is 2.32. The number of thioether (sulfide) groups is 1. The molecule has 0 spiro atoms. The van der Waals surface area contributed by atoms with Crippen LogP contribution in [0.1, 0.15) is 32.6 Å². The molecule has 7 heteroatoms. The average Bonchev–Trinajstić information content (AvgIpc) is 2.78. The molecule has 1 saturated heterocycles. The Balaban J connectivity index is 1.47. The summed E-state index contributed by atoms with van der Waals surface area (Å²) in [5.74, 6) is 3.35. The van der Waals surface area contributed by atoms with Gasteiger partial charge < -0.3 is 15.0 Å². The molecule has 2 heterocycles. The third-order valence-corrected chi connectivity index (χ3v) is 6.81. The smallest absolute Gasteiger partial charge is 0.225 e. The zero-order valence-electron chi connectivity index (χ0n) is 17.0. The Bertz CT molecular complexity index is 822. The maximum Gasteiger partial charge on any atom is 0.225 e. The van der Waals surface area contributed by atoms with Crippen molar-refractivity contribution in [3.63, 3.8) is 0 Å². The summed E-state index contributed by atoms with van der Waals surface area (Å²) in [6.45, 7) is 4.61. The Morgan fingerprint density at radius 3 is 2.90 bits per heavy atom. The van der Waals surface area contributed by atoms with E-state index in [4.69, 9.17) is 4.74 Å². The van der Waals surface area contributed by atoms with Gasteiger partial charge in [-0.1, -0.05) is 19.1 Å². The summed E-state index contributed by atoms with van der Waals surface area (Å²) in [5, 5.41) is 4.64. The van der Waals surface area contributed by atoms with Crippen LogP contribution in [-0.4, -0.2) is 64.1 Å². The van der Waals surface area contributed by atoms with Gasteiger partial charge in [-0.2, -0.15) is 11.8 Å². The van der Waals surface area contributed by atoms with Crippen molar-refractivity contribution in [2.45, 2.75) is 44.8 Å². The van der Waals surface area contributed by atoms with Crippen molar-refractivity contribution in [1.29, 1.82) is 0 Å². The van der Waals surface area contributed by atoms with Crippen LogP contribution in [0.4, 0.5) is 5.82 Å². The topological polar surface area (TPSA) is 67.3 Å². The molecule has 2 aromatic rings. The summed E-state index contributed by atoms with van der Waals surface area (Å²) < 4.78 is 6.22. The van der Waals surface area contributed by atoms with Gasteiger partial charge in [-0.3, -0.25) is 4.79 Å². The molecule has 1 aliphatic carbocycles. The molecule has 1 N–H and O–H groups in total. The summed E-state index contributed by atoms with van der Waals surface area (Å²) >= 11 is 1.94. The molecule has 4 rings (SSSR count). The number of rotatable bonds is 6. The van der Waals surface area contributed by atoms with Crippen molar-refractivity contribution < 1.29 is 9.53 Å². The SMILES string of the molecule is CCCO[C@H]1C[C@@H](C(=O)N2CCSCC2)CC[C@@H]1Nc1ncnc2ccccc12. The van der Waals surface area contributed by atoms with Crippen molar-refractivity contribution >= 4 is 34.4 Å². The van der Waals surface area contributed by atoms with Gasteiger partial charge >= 0.3 is 0 Å². The third kappa shape index (κ3) is 4.83. The quantitative estimate of drug-likeness (QED) is 0.779. The van der Waals surface area contributed by atoms with Crippen LogP contribution in [0.25, 0.3) is 10.9 Å². The van der Waals surface area contributed by atoms with Gasteiger partial charge in [0.15, 0.2) is 0 Å². The van der Waals surface area contributed by atoms with E-state index in [1.54, 1.807) is 6.33 Å². The van der Waals surface area contributed by atoms with E-state index in [1.807, 2.05) is 36.0 Å². The van der Waals surface area contributed by atoms with Crippen molar-refractivity contribution in [3.05, 3.63) is 30.6 Å². The van der Waals surface area contributed by atoms with Crippen LogP contribution >= 0.6 is 11.8 Å². The molecular formula is C22H30N4O2S. The molecular weight excluding hydrogens is 384 g/mol. The maximum atomic E-state index is 13.0. The fourth-order valence-electron chi connectivity index (χ4n) is 4.31. The van der Waals surface area contributed by atoms with E-state index >= 15 is 0 Å². The second kappa shape index (κ2) is 9.76. The molecule has 0 bridgehead atoms. The van der Waals surface area contributed by atoms with Crippen molar-refractivity contribution in [3.8, 4) is 0 Å². The predicted molar refractivity (Wildman–Crippen MR) is 118 cm³/mol. The Morgan fingerprint density at radius 1 is 1.24 bits per heavy atom. The molecule has 6 nitrogen and oxygen atoms in total. The minimum absolute atomic E-state index is 0.0190. The first-order valence-electron chi connectivity index (χ1n) is 10.7. The molecule has 1 aliphatic heterocycles. The number of benzene rings is 1. The highest BCUT2D eigenvalue weighted by Gasteiger charge is 2.36. The average molecular weight is 415 g/mol. The number of para-hydroxylation sites is 1. The number of aromatic nitrogens is 2. The lowest BCUT2D eigenvalue weighted by Gasteiger charge is -2.38. The molecule has 0 radical (unpaired) electrons. The van der Waals surface area contributed by atoms with Crippen LogP contribution in [0.5, 0.6) is 0 Å². The van der Waals surface area contributed by atoms with Crippen LogP contribution in [0, 0.1) is 5.92 Å². The number of fused-ring (bicyclic) bond motifs is 1. The van der Waals surface area contributed by atoms with Gasteiger partial charge in [0.25, 0.3) is 0 Å². The van der Waals surface area contributed by atoms with Crippen LogP contribution in [-0.2, 0) is 9.53 Å². The van der Waals surface area contributed by atoms with E-state index in [1.165, 1.54) is 0 Å². The van der Waals surface area contributed by atoms with Crippen molar-refractivity contribution in [2.75, 3.05) is 36.5 Å². The van der Waals surface area contributed by atoms with Gasteiger partial charge in [0.2, 0.25) is 5.91 Å². The molecule has 2 fully saturated rings. The number of nitrogens with one attached hydrogen (secondary N) is 1. The third-order valence-electron chi connectivity index (χ3n) is 5.86. The number of carbonyl (C=O) groups excluding carboxylic acids is 1. The van der Waals surface area contributed by atoms with Crippen LogP contribution < -0.4 is 5.32 Å². The molecule has 156 valence electrons. The molecule has 1 aromatic carbocycles. The van der Waals surface area contributed by atoms with Gasteiger partial charge in [0, 0.05) is 42.5 Å².